The van der Waals surface area contributed by atoms with Crippen molar-refractivity contribution in [3.05, 3.63) is 18.0 Å². The van der Waals surface area contributed by atoms with E-state index in [9.17, 15) is 0 Å². The average Bonchev–Trinajstić information content (AvgIpc) is 2.84. The number of nitrogens with zero attached hydrogens (tertiary/aromatic N) is 2. The maximum Gasteiger partial charge on any atom is 0.0588 e. The Balaban J connectivity index is 1.84. The van der Waals surface area contributed by atoms with Crippen LogP contribution in [0.4, 0.5) is 0 Å². The molecule has 16 heavy (non-hydrogen) atoms. The van der Waals surface area contributed by atoms with Gasteiger partial charge in [-0.05, 0) is 32.3 Å². The lowest BCUT2D eigenvalue weighted by Crippen LogP contribution is -2.30. The van der Waals surface area contributed by atoms with E-state index in [0.29, 0.717) is 18.1 Å². The Morgan fingerprint density at radius 2 is 2.50 bits per heavy atom. The molecule has 0 aliphatic carbocycles. The Bertz CT molecular complexity index is 337. The van der Waals surface area contributed by atoms with Crippen molar-refractivity contribution in [1.82, 2.24) is 15.1 Å². The van der Waals surface area contributed by atoms with Gasteiger partial charge in [-0.1, -0.05) is 0 Å². The third-order valence-corrected chi connectivity index (χ3v) is 3.52. The predicted octanol–water partition coefficient (Wildman–Crippen LogP) is 1.50. The van der Waals surface area contributed by atoms with Gasteiger partial charge in [0.25, 0.3) is 0 Å². The zero-order chi connectivity index (χ0) is 11.5. The van der Waals surface area contributed by atoms with E-state index in [1.807, 2.05) is 17.9 Å². The molecule has 1 N–H and O–H groups in total. The lowest BCUT2D eigenvalue weighted by molar-refractivity contribution is 0.105. The summed E-state index contributed by atoms with van der Waals surface area (Å²) in [4.78, 5) is 0. The lowest BCUT2D eigenvalue weighted by atomic mass is 10.0. The SMILES string of the molecule is CC(NCC1CCOC1C)c1ccnn1C. The average molecular weight is 223 g/mol. The first kappa shape index (κ1) is 11.6. The Kier molecular flexibility index (Phi) is 3.61. The van der Waals surface area contributed by atoms with E-state index in [4.69, 9.17) is 4.74 Å². The second kappa shape index (κ2) is 4.97. The minimum atomic E-state index is 0.347. The maximum atomic E-state index is 5.55. The van der Waals surface area contributed by atoms with Gasteiger partial charge < -0.3 is 10.1 Å². The standard InChI is InChI=1S/C12H21N3O/c1-9(12-4-6-14-15(12)3)13-8-11-5-7-16-10(11)2/h4,6,9-11,13H,5,7-8H2,1-3H3. The fraction of sp³-hybridized carbons (Fsp3) is 0.750. The molecule has 0 aromatic carbocycles. The highest BCUT2D eigenvalue weighted by molar-refractivity contribution is 5.05. The van der Waals surface area contributed by atoms with Crippen molar-refractivity contribution in [1.29, 1.82) is 0 Å². The third kappa shape index (κ3) is 2.44. The molecule has 3 unspecified atom stereocenters. The van der Waals surface area contributed by atoms with Gasteiger partial charge in [-0.3, -0.25) is 4.68 Å². The summed E-state index contributed by atoms with van der Waals surface area (Å²) < 4.78 is 7.48. The topological polar surface area (TPSA) is 39.1 Å². The van der Waals surface area contributed by atoms with Crippen LogP contribution in [-0.2, 0) is 11.8 Å². The summed E-state index contributed by atoms with van der Waals surface area (Å²) in [5.41, 5.74) is 1.23. The van der Waals surface area contributed by atoms with Gasteiger partial charge in [-0.2, -0.15) is 5.10 Å². The first-order chi connectivity index (χ1) is 7.68. The van der Waals surface area contributed by atoms with Gasteiger partial charge in [0, 0.05) is 32.4 Å². The van der Waals surface area contributed by atoms with Crippen LogP contribution >= 0.6 is 0 Å². The second-order valence-corrected chi connectivity index (χ2v) is 4.63. The van der Waals surface area contributed by atoms with Crippen LogP contribution in [0.1, 0.15) is 32.0 Å². The van der Waals surface area contributed by atoms with Crippen molar-refractivity contribution >= 4 is 0 Å². The van der Waals surface area contributed by atoms with Gasteiger partial charge in [0.05, 0.1) is 11.8 Å². The molecule has 0 radical (unpaired) electrons. The molecule has 4 heteroatoms. The first-order valence-electron chi connectivity index (χ1n) is 6.01. The molecule has 2 heterocycles. The summed E-state index contributed by atoms with van der Waals surface area (Å²) >= 11 is 0. The zero-order valence-corrected chi connectivity index (χ0v) is 10.3. The van der Waals surface area contributed by atoms with E-state index in [1.165, 1.54) is 12.1 Å². The van der Waals surface area contributed by atoms with Gasteiger partial charge >= 0.3 is 0 Å². The van der Waals surface area contributed by atoms with Crippen LogP contribution in [0.25, 0.3) is 0 Å². The minimum Gasteiger partial charge on any atom is -0.378 e. The highest BCUT2D eigenvalue weighted by atomic mass is 16.5. The first-order valence-corrected chi connectivity index (χ1v) is 6.01. The smallest absolute Gasteiger partial charge is 0.0588 e. The molecule has 3 atom stereocenters. The van der Waals surface area contributed by atoms with Gasteiger partial charge in [0.1, 0.15) is 0 Å². The van der Waals surface area contributed by atoms with Crippen LogP contribution in [0.2, 0.25) is 0 Å². The van der Waals surface area contributed by atoms with Crippen LogP contribution in [-0.4, -0.2) is 29.0 Å². The van der Waals surface area contributed by atoms with Crippen LogP contribution in [0.5, 0.6) is 0 Å². The molecule has 0 spiro atoms. The normalized spacial score (nSPS) is 27.2. The molecule has 1 saturated heterocycles. The van der Waals surface area contributed by atoms with Crippen molar-refractivity contribution in [2.75, 3.05) is 13.2 Å². The molecule has 1 fully saturated rings. The Morgan fingerprint density at radius 3 is 3.06 bits per heavy atom. The predicted molar refractivity (Wildman–Crippen MR) is 63.1 cm³/mol. The fourth-order valence-corrected chi connectivity index (χ4v) is 2.29. The molecular weight excluding hydrogens is 202 g/mol. The number of rotatable bonds is 4. The molecule has 4 nitrogen and oxygen atoms in total. The molecule has 0 saturated carbocycles. The molecule has 1 aromatic heterocycles. The highest BCUT2D eigenvalue weighted by Crippen LogP contribution is 2.20. The molecule has 1 aromatic rings. The molecule has 90 valence electrons. The number of ether oxygens (including phenoxy) is 1. The lowest BCUT2D eigenvalue weighted by Gasteiger charge is -2.19. The van der Waals surface area contributed by atoms with E-state index in [1.54, 1.807) is 0 Å². The zero-order valence-electron chi connectivity index (χ0n) is 10.3. The fourth-order valence-electron chi connectivity index (χ4n) is 2.29. The summed E-state index contributed by atoms with van der Waals surface area (Å²) in [6.07, 6.45) is 3.41. The van der Waals surface area contributed by atoms with E-state index in [2.05, 4.69) is 30.3 Å². The van der Waals surface area contributed by atoms with Gasteiger partial charge in [0.15, 0.2) is 0 Å². The Labute approximate surface area is 97.0 Å². The number of hydrogen-bond donors (Lipinski definition) is 1. The van der Waals surface area contributed by atoms with Gasteiger partial charge in [-0.15, -0.1) is 0 Å². The summed E-state index contributed by atoms with van der Waals surface area (Å²) in [7, 11) is 1.98. The van der Waals surface area contributed by atoms with Crippen molar-refractivity contribution in [3.8, 4) is 0 Å². The second-order valence-electron chi connectivity index (χ2n) is 4.63. The van der Waals surface area contributed by atoms with Crippen LogP contribution in [0.15, 0.2) is 12.3 Å². The van der Waals surface area contributed by atoms with E-state index in [0.717, 1.165) is 13.2 Å². The third-order valence-electron chi connectivity index (χ3n) is 3.52. The molecule has 2 rings (SSSR count). The molecule has 0 amide bonds. The van der Waals surface area contributed by atoms with Crippen molar-refractivity contribution in [2.24, 2.45) is 13.0 Å². The number of aromatic nitrogens is 2. The molecule has 0 bridgehead atoms. The summed E-state index contributed by atoms with van der Waals surface area (Å²) in [6.45, 7) is 6.27. The summed E-state index contributed by atoms with van der Waals surface area (Å²) in [5.74, 6) is 0.649. The van der Waals surface area contributed by atoms with E-state index in [-0.39, 0.29) is 0 Å². The number of hydrogen-bond acceptors (Lipinski definition) is 3. The van der Waals surface area contributed by atoms with Crippen LogP contribution < -0.4 is 5.32 Å². The Hall–Kier alpha value is -0.870. The maximum absolute atomic E-state index is 5.55. The van der Waals surface area contributed by atoms with E-state index >= 15 is 0 Å². The summed E-state index contributed by atoms with van der Waals surface area (Å²) in [5, 5.41) is 7.74. The minimum absolute atomic E-state index is 0.347. The quantitative estimate of drug-likeness (QED) is 0.840. The van der Waals surface area contributed by atoms with Crippen molar-refractivity contribution in [3.63, 3.8) is 0 Å². The molecule has 1 aliphatic rings. The van der Waals surface area contributed by atoms with Crippen molar-refractivity contribution in [2.45, 2.75) is 32.4 Å². The Morgan fingerprint density at radius 1 is 1.69 bits per heavy atom. The van der Waals surface area contributed by atoms with Crippen LogP contribution in [0, 0.1) is 5.92 Å². The summed E-state index contributed by atoms with van der Waals surface area (Å²) in [6, 6.07) is 2.41. The van der Waals surface area contributed by atoms with Gasteiger partial charge in [-0.25, -0.2) is 0 Å². The highest BCUT2D eigenvalue weighted by Gasteiger charge is 2.24. The number of aryl methyl sites for hydroxylation is 1. The molecular formula is C12H21N3O. The monoisotopic (exact) mass is 223 g/mol. The van der Waals surface area contributed by atoms with E-state index < -0.39 is 0 Å². The molecule has 1 aliphatic heterocycles. The number of nitrogens with one attached hydrogen (secondary N) is 1. The van der Waals surface area contributed by atoms with Gasteiger partial charge in [0.2, 0.25) is 0 Å². The van der Waals surface area contributed by atoms with Crippen molar-refractivity contribution < 1.29 is 4.74 Å². The largest absolute Gasteiger partial charge is 0.378 e. The van der Waals surface area contributed by atoms with Crippen LogP contribution in [0.3, 0.4) is 0 Å².